The Morgan fingerprint density at radius 1 is 1.57 bits per heavy atom. The Kier molecular flexibility index (Phi) is 3.45. The molecule has 0 bridgehead atoms. The van der Waals surface area contributed by atoms with E-state index < -0.39 is 12.6 Å². The molecule has 0 fully saturated rings. The average Bonchev–Trinajstić information content (AvgIpc) is 2.17. The Hall–Kier alpha value is -1.58. The summed E-state index contributed by atoms with van der Waals surface area (Å²) in [6, 6.07) is 4.82. The standard InChI is InChI=1S/C10H11FO3/c1-14-9-4-2-3-7(6-11)8(9)5-10(12)13/h2-4H,5-6H2,1H3,(H,12,13). The fourth-order valence-electron chi connectivity index (χ4n) is 1.28. The number of carbonyl (C=O) groups is 1. The van der Waals surface area contributed by atoms with Crippen LogP contribution in [-0.4, -0.2) is 18.2 Å². The van der Waals surface area contributed by atoms with Crippen molar-refractivity contribution >= 4 is 5.97 Å². The Balaban J connectivity index is 3.12. The quantitative estimate of drug-likeness (QED) is 0.802. The highest BCUT2D eigenvalue weighted by Gasteiger charge is 2.11. The van der Waals surface area contributed by atoms with E-state index >= 15 is 0 Å². The lowest BCUT2D eigenvalue weighted by atomic mass is 10.0. The summed E-state index contributed by atoms with van der Waals surface area (Å²) in [7, 11) is 1.43. The van der Waals surface area contributed by atoms with E-state index in [2.05, 4.69) is 0 Å². The summed E-state index contributed by atoms with van der Waals surface area (Å²) < 4.78 is 17.5. The van der Waals surface area contributed by atoms with Gasteiger partial charge in [0.1, 0.15) is 12.4 Å². The first-order valence-electron chi connectivity index (χ1n) is 4.11. The molecule has 0 amide bonds. The average molecular weight is 198 g/mol. The maximum atomic E-state index is 12.5. The van der Waals surface area contributed by atoms with Gasteiger partial charge in [-0.2, -0.15) is 0 Å². The molecule has 0 aliphatic carbocycles. The first-order valence-corrected chi connectivity index (χ1v) is 4.11. The molecule has 0 aliphatic heterocycles. The zero-order valence-corrected chi connectivity index (χ0v) is 7.79. The van der Waals surface area contributed by atoms with Gasteiger partial charge in [0.2, 0.25) is 0 Å². The number of benzene rings is 1. The number of carboxylic acids is 1. The largest absolute Gasteiger partial charge is 0.496 e. The molecule has 1 N–H and O–H groups in total. The second kappa shape index (κ2) is 4.60. The zero-order valence-electron chi connectivity index (χ0n) is 7.79. The van der Waals surface area contributed by atoms with Gasteiger partial charge in [0.25, 0.3) is 0 Å². The lowest BCUT2D eigenvalue weighted by Crippen LogP contribution is -2.05. The number of carboxylic acid groups (broad SMARTS) is 1. The van der Waals surface area contributed by atoms with Crippen molar-refractivity contribution in [2.24, 2.45) is 0 Å². The van der Waals surface area contributed by atoms with Gasteiger partial charge in [-0.05, 0) is 11.6 Å². The van der Waals surface area contributed by atoms with Gasteiger partial charge < -0.3 is 9.84 Å². The van der Waals surface area contributed by atoms with Crippen LogP contribution < -0.4 is 4.74 Å². The molecule has 3 nitrogen and oxygen atoms in total. The summed E-state index contributed by atoms with van der Waals surface area (Å²) in [5, 5.41) is 8.63. The maximum Gasteiger partial charge on any atom is 0.307 e. The van der Waals surface area contributed by atoms with Gasteiger partial charge in [-0.1, -0.05) is 12.1 Å². The molecule has 0 radical (unpaired) electrons. The van der Waals surface area contributed by atoms with E-state index in [-0.39, 0.29) is 6.42 Å². The van der Waals surface area contributed by atoms with E-state index in [1.807, 2.05) is 0 Å². The minimum Gasteiger partial charge on any atom is -0.496 e. The molecule has 0 unspecified atom stereocenters. The molecular weight excluding hydrogens is 187 g/mol. The van der Waals surface area contributed by atoms with Crippen LogP contribution in [0.2, 0.25) is 0 Å². The third-order valence-electron chi connectivity index (χ3n) is 1.92. The van der Waals surface area contributed by atoms with E-state index in [4.69, 9.17) is 9.84 Å². The third-order valence-corrected chi connectivity index (χ3v) is 1.92. The molecule has 0 heterocycles. The van der Waals surface area contributed by atoms with Crippen molar-refractivity contribution in [3.8, 4) is 5.75 Å². The van der Waals surface area contributed by atoms with Crippen LogP contribution in [0, 0.1) is 0 Å². The van der Waals surface area contributed by atoms with Crippen molar-refractivity contribution in [1.29, 1.82) is 0 Å². The van der Waals surface area contributed by atoms with Crippen molar-refractivity contribution in [2.45, 2.75) is 13.1 Å². The van der Waals surface area contributed by atoms with Crippen LogP contribution in [0.5, 0.6) is 5.75 Å². The van der Waals surface area contributed by atoms with Gasteiger partial charge in [-0.15, -0.1) is 0 Å². The van der Waals surface area contributed by atoms with Crippen LogP contribution in [0.15, 0.2) is 18.2 Å². The molecule has 0 aliphatic rings. The monoisotopic (exact) mass is 198 g/mol. The molecule has 0 spiro atoms. The van der Waals surface area contributed by atoms with Gasteiger partial charge in [0.15, 0.2) is 0 Å². The smallest absolute Gasteiger partial charge is 0.307 e. The summed E-state index contributed by atoms with van der Waals surface area (Å²) in [6.07, 6.45) is -0.219. The molecule has 0 aromatic heterocycles. The summed E-state index contributed by atoms with van der Waals surface area (Å²) in [6.45, 7) is -0.681. The lowest BCUT2D eigenvalue weighted by Gasteiger charge is -2.09. The summed E-state index contributed by atoms with van der Waals surface area (Å²) in [5.74, 6) is -0.577. The second-order valence-corrected chi connectivity index (χ2v) is 2.80. The zero-order chi connectivity index (χ0) is 10.6. The minimum absolute atomic E-state index is 0.219. The van der Waals surface area contributed by atoms with Gasteiger partial charge >= 0.3 is 5.97 Å². The SMILES string of the molecule is COc1cccc(CF)c1CC(=O)O. The van der Waals surface area contributed by atoms with Crippen molar-refractivity contribution in [2.75, 3.05) is 7.11 Å². The number of ether oxygens (including phenoxy) is 1. The number of methoxy groups -OCH3 is 1. The molecule has 1 rings (SSSR count). The molecule has 0 atom stereocenters. The molecule has 1 aromatic rings. The topological polar surface area (TPSA) is 46.5 Å². The van der Waals surface area contributed by atoms with Crippen LogP contribution in [0.1, 0.15) is 11.1 Å². The molecule has 0 saturated carbocycles. The van der Waals surface area contributed by atoms with Crippen molar-refractivity contribution in [3.63, 3.8) is 0 Å². The van der Waals surface area contributed by atoms with Crippen LogP contribution >= 0.6 is 0 Å². The molecule has 76 valence electrons. The summed E-state index contributed by atoms with van der Waals surface area (Å²) >= 11 is 0. The predicted octanol–water partition coefficient (Wildman–Crippen LogP) is 1.79. The Morgan fingerprint density at radius 3 is 2.79 bits per heavy atom. The third kappa shape index (κ3) is 2.22. The summed E-state index contributed by atoms with van der Waals surface area (Å²) in [5.41, 5.74) is 0.775. The van der Waals surface area contributed by atoms with Crippen molar-refractivity contribution in [3.05, 3.63) is 29.3 Å². The molecule has 4 heteroatoms. The molecule has 14 heavy (non-hydrogen) atoms. The number of alkyl halides is 1. The molecular formula is C10H11FO3. The first-order chi connectivity index (χ1) is 6.69. The van der Waals surface area contributed by atoms with Crippen LogP contribution in [-0.2, 0) is 17.9 Å². The fraction of sp³-hybridized carbons (Fsp3) is 0.300. The van der Waals surface area contributed by atoms with E-state index in [0.717, 1.165) is 0 Å². The van der Waals surface area contributed by atoms with Gasteiger partial charge in [0, 0.05) is 5.56 Å². The number of hydrogen-bond acceptors (Lipinski definition) is 2. The van der Waals surface area contributed by atoms with Crippen LogP contribution in [0.3, 0.4) is 0 Å². The van der Waals surface area contributed by atoms with Gasteiger partial charge in [-0.25, -0.2) is 4.39 Å². The second-order valence-electron chi connectivity index (χ2n) is 2.80. The first kappa shape index (κ1) is 10.5. The van der Waals surface area contributed by atoms with Crippen molar-refractivity contribution < 1.29 is 19.0 Å². The van der Waals surface area contributed by atoms with Gasteiger partial charge in [0.05, 0.1) is 13.5 Å². The molecule has 1 aromatic carbocycles. The Bertz CT molecular complexity index is 314. The van der Waals surface area contributed by atoms with E-state index in [1.54, 1.807) is 18.2 Å². The van der Waals surface area contributed by atoms with Crippen molar-refractivity contribution in [1.82, 2.24) is 0 Å². The number of rotatable bonds is 4. The predicted molar refractivity (Wildman–Crippen MR) is 49.1 cm³/mol. The number of aliphatic carboxylic acids is 1. The highest BCUT2D eigenvalue weighted by molar-refractivity contribution is 5.72. The normalized spacial score (nSPS) is 9.86. The fourth-order valence-corrected chi connectivity index (χ4v) is 1.28. The maximum absolute atomic E-state index is 12.5. The van der Waals surface area contributed by atoms with E-state index in [0.29, 0.717) is 16.9 Å². The number of hydrogen-bond donors (Lipinski definition) is 1. The highest BCUT2D eigenvalue weighted by atomic mass is 19.1. The van der Waals surface area contributed by atoms with E-state index in [9.17, 15) is 9.18 Å². The lowest BCUT2D eigenvalue weighted by molar-refractivity contribution is -0.136. The Morgan fingerprint density at radius 2 is 2.29 bits per heavy atom. The van der Waals surface area contributed by atoms with Crippen LogP contribution in [0.4, 0.5) is 4.39 Å². The van der Waals surface area contributed by atoms with E-state index in [1.165, 1.54) is 7.11 Å². The minimum atomic E-state index is -0.996. The highest BCUT2D eigenvalue weighted by Crippen LogP contribution is 2.23. The summed E-state index contributed by atoms with van der Waals surface area (Å²) in [4.78, 5) is 10.5. The molecule has 0 saturated heterocycles. The Labute approximate surface area is 81.1 Å². The van der Waals surface area contributed by atoms with Gasteiger partial charge in [-0.3, -0.25) is 4.79 Å². The van der Waals surface area contributed by atoms with Crippen LogP contribution in [0.25, 0.3) is 0 Å². The number of halogens is 1.